The van der Waals surface area contributed by atoms with Crippen molar-refractivity contribution in [2.45, 2.75) is 45.3 Å². The summed E-state index contributed by atoms with van der Waals surface area (Å²) in [6.07, 6.45) is 2.83. The van der Waals surface area contributed by atoms with E-state index in [9.17, 15) is 4.79 Å². The Morgan fingerprint density at radius 1 is 1.56 bits per heavy atom. The highest BCUT2D eigenvalue weighted by atomic mass is 35.5. The Balaban J connectivity index is 0.00000225. The molecule has 1 saturated heterocycles. The second-order valence-corrected chi connectivity index (χ2v) is 3.97. The molecule has 0 spiro atoms. The van der Waals surface area contributed by atoms with Gasteiger partial charge in [0, 0.05) is 19.1 Å². The van der Waals surface area contributed by atoms with Crippen molar-refractivity contribution in [3.8, 4) is 0 Å². The van der Waals surface area contributed by atoms with Gasteiger partial charge in [-0.25, -0.2) is 0 Å². The zero-order valence-electron chi connectivity index (χ0n) is 10.1. The number of morpholine rings is 1. The molecule has 2 unspecified atom stereocenters. The molecule has 1 heterocycles. The molecule has 0 radical (unpaired) electrons. The van der Waals surface area contributed by atoms with Crippen molar-refractivity contribution in [1.29, 1.82) is 0 Å². The molecule has 1 aliphatic rings. The van der Waals surface area contributed by atoms with Crippen LogP contribution in [-0.2, 0) is 9.53 Å². The van der Waals surface area contributed by atoms with E-state index in [4.69, 9.17) is 4.74 Å². The highest BCUT2D eigenvalue weighted by Gasteiger charge is 2.23. The largest absolute Gasteiger partial charge is 0.366 e. The van der Waals surface area contributed by atoms with Crippen LogP contribution >= 0.6 is 12.4 Å². The molecule has 0 saturated carbocycles. The molecular weight excluding hydrogens is 228 g/mol. The molecule has 0 aromatic carbocycles. The summed E-state index contributed by atoms with van der Waals surface area (Å²) in [6.45, 7) is 6.33. The van der Waals surface area contributed by atoms with Gasteiger partial charge < -0.3 is 15.4 Å². The Morgan fingerprint density at radius 3 is 2.81 bits per heavy atom. The topological polar surface area (TPSA) is 50.4 Å². The van der Waals surface area contributed by atoms with E-state index in [1.807, 2.05) is 0 Å². The maximum Gasteiger partial charge on any atom is 0.250 e. The lowest BCUT2D eigenvalue weighted by Gasteiger charge is -2.25. The molecule has 0 bridgehead atoms. The third kappa shape index (κ3) is 5.14. The number of halogens is 1. The summed E-state index contributed by atoms with van der Waals surface area (Å²) in [7, 11) is 0. The Labute approximate surface area is 104 Å². The van der Waals surface area contributed by atoms with E-state index in [1.54, 1.807) is 0 Å². The van der Waals surface area contributed by atoms with Crippen LogP contribution in [0.4, 0.5) is 0 Å². The van der Waals surface area contributed by atoms with Gasteiger partial charge in [-0.1, -0.05) is 20.3 Å². The Kier molecular flexibility index (Phi) is 8.61. The van der Waals surface area contributed by atoms with Crippen LogP contribution in [0, 0.1) is 0 Å². The molecular formula is C11H23ClN2O2. The predicted octanol–water partition coefficient (Wildman–Crippen LogP) is 1.09. The molecule has 1 fully saturated rings. The fraction of sp³-hybridized carbons (Fsp3) is 0.909. The number of carbonyl (C=O) groups excluding carboxylic acids is 1. The van der Waals surface area contributed by atoms with E-state index in [2.05, 4.69) is 24.5 Å². The lowest BCUT2D eigenvalue weighted by atomic mass is 10.1. The van der Waals surface area contributed by atoms with E-state index in [0.29, 0.717) is 19.2 Å². The summed E-state index contributed by atoms with van der Waals surface area (Å²) in [6, 6.07) is 0.299. The molecule has 96 valence electrons. The zero-order chi connectivity index (χ0) is 11.1. The van der Waals surface area contributed by atoms with Crippen molar-refractivity contribution in [2.24, 2.45) is 0 Å². The second kappa shape index (κ2) is 8.79. The van der Waals surface area contributed by atoms with Crippen molar-refractivity contribution in [2.75, 3.05) is 19.7 Å². The monoisotopic (exact) mass is 250 g/mol. The third-order valence-electron chi connectivity index (χ3n) is 2.70. The van der Waals surface area contributed by atoms with Gasteiger partial charge in [-0.3, -0.25) is 4.79 Å². The number of ether oxygens (including phenoxy) is 1. The SMILES string of the molecule is CCCC(CC)NC(=O)C1CNCCO1.Cl. The van der Waals surface area contributed by atoms with Gasteiger partial charge in [0.05, 0.1) is 6.61 Å². The summed E-state index contributed by atoms with van der Waals surface area (Å²) < 4.78 is 5.39. The van der Waals surface area contributed by atoms with Gasteiger partial charge in [-0.2, -0.15) is 0 Å². The molecule has 0 aliphatic carbocycles. The smallest absolute Gasteiger partial charge is 0.250 e. The van der Waals surface area contributed by atoms with Crippen molar-refractivity contribution < 1.29 is 9.53 Å². The van der Waals surface area contributed by atoms with Crippen LogP contribution in [0.3, 0.4) is 0 Å². The Bertz CT molecular complexity index is 196. The van der Waals surface area contributed by atoms with E-state index >= 15 is 0 Å². The van der Waals surface area contributed by atoms with Crippen molar-refractivity contribution in [3.05, 3.63) is 0 Å². The number of nitrogens with one attached hydrogen (secondary N) is 2. The molecule has 1 rings (SSSR count). The lowest BCUT2D eigenvalue weighted by Crippen LogP contribution is -2.50. The van der Waals surface area contributed by atoms with Crippen LogP contribution < -0.4 is 10.6 Å². The van der Waals surface area contributed by atoms with Crippen LogP contribution in [0.2, 0.25) is 0 Å². The fourth-order valence-corrected chi connectivity index (χ4v) is 1.75. The molecule has 5 heteroatoms. The van der Waals surface area contributed by atoms with E-state index < -0.39 is 0 Å². The van der Waals surface area contributed by atoms with Crippen LogP contribution in [-0.4, -0.2) is 37.7 Å². The number of rotatable bonds is 5. The molecule has 0 aromatic rings. The molecule has 2 N–H and O–H groups in total. The first-order valence-electron chi connectivity index (χ1n) is 5.90. The summed E-state index contributed by atoms with van der Waals surface area (Å²) >= 11 is 0. The average molecular weight is 251 g/mol. The molecule has 4 nitrogen and oxygen atoms in total. The van der Waals surface area contributed by atoms with Gasteiger partial charge >= 0.3 is 0 Å². The first kappa shape index (κ1) is 15.7. The molecule has 0 aromatic heterocycles. The average Bonchev–Trinajstić information content (AvgIpc) is 2.29. The number of hydrogen-bond donors (Lipinski definition) is 2. The first-order chi connectivity index (χ1) is 7.27. The second-order valence-electron chi connectivity index (χ2n) is 3.97. The summed E-state index contributed by atoms with van der Waals surface area (Å²) in [5.41, 5.74) is 0. The molecule has 2 atom stereocenters. The predicted molar refractivity (Wildman–Crippen MR) is 67.0 cm³/mol. The Hall–Kier alpha value is -0.320. The van der Waals surface area contributed by atoms with Crippen LogP contribution in [0.1, 0.15) is 33.1 Å². The maximum absolute atomic E-state index is 11.8. The fourth-order valence-electron chi connectivity index (χ4n) is 1.75. The Morgan fingerprint density at radius 2 is 2.31 bits per heavy atom. The number of hydrogen-bond acceptors (Lipinski definition) is 3. The minimum atomic E-state index is -0.301. The third-order valence-corrected chi connectivity index (χ3v) is 2.70. The molecule has 1 aliphatic heterocycles. The minimum absolute atomic E-state index is 0. The lowest BCUT2D eigenvalue weighted by molar-refractivity contribution is -0.135. The highest BCUT2D eigenvalue weighted by Crippen LogP contribution is 2.03. The zero-order valence-corrected chi connectivity index (χ0v) is 10.9. The van der Waals surface area contributed by atoms with E-state index in [-0.39, 0.29) is 24.4 Å². The van der Waals surface area contributed by atoms with Gasteiger partial charge in [0.25, 0.3) is 5.91 Å². The van der Waals surface area contributed by atoms with Crippen LogP contribution in [0.25, 0.3) is 0 Å². The van der Waals surface area contributed by atoms with Gasteiger partial charge in [-0.15, -0.1) is 12.4 Å². The standard InChI is InChI=1S/C11H22N2O2.ClH/c1-3-5-9(4-2)13-11(14)10-8-12-6-7-15-10;/h9-10,12H,3-8H2,1-2H3,(H,13,14);1H. The van der Waals surface area contributed by atoms with E-state index in [1.165, 1.54) is 0 Å². The van der Waals surface area contributed by atoms with Crippen LogP contribution in [0.5, 0.6) is 0 Å². The summed E-state index contributed by atoms with van der Waals surface area (Å²) in [4.78, 5) is 11.8. The first-order valence-corrected chi connectivity index (χ1v) is 5.90. The minimum Gasteiger partial charge on any atom is -0.366 e. The van der Waals surface area contributed by atoms with E-state index in [0.717, 1.165) is 25.8 Å². The van der Waals surface area contributed by atoms with Crippen molar-refractivity contribution in [3.63, 3.8) is 0 Å². The quantitative estimate of drug-likeness (QED) is 0.768. The normalized spacial score (nSPS) is 22.0. The van der Waals surface area contributed by atoms with Gasteiger partial charge in [0.1, 0.15) is 6.10 Å². The van der Waals surface area contributed by atoms with Crippen molar-refractivity contribution >= 4 is 18.3 Å². The van der Waals surface area contributed by atoms with Crippen LogP contribution in [0.15, 0.2) is 0 Å². The van der Waals surface area contributed by atoms with Gasteiger partial charge in [-0.05, 0) is 12.8 Å². The van der Waals surface area contributed by atoms with Gasteiger partial charge in [0.15, 0.2) is 0 Å². The number of amides is 1. The van der Waals surface area contributed by atoms with Crippen molar-refractivity contribution in [1.82, 2.24) is 10.6 Å². The summed E-state index contributed by atoms with van der Waals surface area (Å²) in [5, 5.41) is 6.19. The summed E-state index contributed by atoms with van der Waals surface area (Å²) in [5.74, 6) is 0.0301. The molecule has 16 heavy (non-hydrogen) atoms. The maximum atomic E-state index is 11.8. The van der Waals surface area contributed by atoms with Gasteiger partial charge in [0.2, 0.25) is 0 Å². The molecule has 1 amide bonds. The number of carbonyl (C=O) groups is 1. The highest BCUT2D eigenvalue weighted by molar-refractivity contribution is 5.85.